The molecule has 2 aliphatic rings. The highest BCUT2D eigenvalue weighted by Crippen LogP contribution is 2.33. The summed E-state index contributed by atoms with van der Waals surface area (Å²) in [7, 11) is 0. The largest absolute Gasteiger partial charge is 0.480 e. The molecule has 2 rings (SSSR count). The van der Waals surface area contributed by atoms with Gasteiger partial charge >= 0.3 is 12.1 Å². The van der Waals surface area contributed by atoms with Crippen LogP contribution in [0.5, 0.6) is 0 Å². The number of likely N-dealkylation sites (tertiary alicyclic amines) is 1. The number of nitrogens with one attached hydrogen (secondary N) is 2. The predicted molar refractivity (Wildman–Crippen MR) is 138 cm³/mol. The number of hydrogen-bond donors (Lipinski definition) is 3. The van der Waals surface area contributed by atoms with Crippen molar-refractivity contribution in [1.82, 2.24) is 15.5 Å². The van der Waals surface area contributed by atoms with Gasteiger partial charge in [0.25, 0.3) is 0 Å². The van der Waals surface area contributed by atoms with Gasteiger partial charge in [0.2, 0.25) is 11.8 Å². The monoisotopic (exact) mass is 521 g/mol. The number of nitrogens with zero attached hydrogens (tertiary/aromatic N) is 1. The molecule has 0 bridgehead atoms. The van der Waals surface area contributed by atoms with Crippen LogP contribution in [0.3, 0.4) is 0 Å². The van der Waals surface area contributed by atoms with Crippen molar-refractivity contribution >= 4 is 29.7 Å². The number of ketones is 1. The van der Waals surface area contributed by atoms with Crippen LogP contribution >= 0.6 is 0 Å². The van der Waals surface area contributed by atoms with Crippen LogP contribution in [0.25, 0.3) is 0 Å². The molecule has 10 nitrogen and oxygen atoms in total. The predicted octanol–water partition coefficient (Wildman–Crippen LogP) is 3.05. The minimum absolute atomic E-state index is 0.0559. The molecule has 1 unspecified atom stereocenters. The Morgan fingerprint density at radius 2 is 1.78 bits per heavy atom. The molecule has 0 spiro atoms. The number of ether oxygens (including phenoxy) is 1. The van der Waals surface area contributed by atoms with Crippen molar-refractivity contribution in [3.63, 3.8) is 0 Å². The fraction of sp³-hybridized carbons (Fsp3) is 0.741. The number of unbranched alkanes of at least 4 members (excludes halogenated alkanes) is 3. The highest BCUT2D eigenvalue weighted by atomic mass is 16.6. The summed E-state index contributed by atoms with van der Waals surface area (Å²) in [5.74, 6) is -2.89. The first-order chi connectivity index (χ1) is 17.6. The van der Waals surface area contributed by atoms with E-state index in [0.717, 1.165) is 38.5 Å². The fourth-order valence-corrected chi connectivity index (χ4v) is 4.47. The summed E-state index contributed by atoms with van der Waals surface area (Å²) >= 11 is 0. The lowest BCUT2D eigenvalue weighted by Gasteiger charge is -2.27. The van der Waals surface area contributed by atoms with E-state index in [2.05, 4.69) is 17.6 Å². The Balaban J connectivity index is 1.89. The Morgan fingerprint density at radius 3 is 2.38 bits per heavy atom. The third kappa shape index (κ3) is 9.48. The van der Waals surface area contributed by atoms with E-state index in [1.165, 1.54) is 4.90 Å². The average molecular weight is 522 g/mol. The molecule has 3 amide bonds. The molecule has 1 saturated carbocycles. The normalized spacial score (nSPS) is 19.9. The van der Waals surface area contributed by atoms with Crippen molar-refractivity contribution in [3.8, 4) is 0 Å². The van der Waals surface area contributed by atoms with Gasteiger partial charge in [0.1, 0.15) is 18.6 Å². The summed E-state index contributed by atoms with van der Waals surface area (Å²) in [5.41, 5.74) is 0. The van der Waals surface area contributed by atoms with Crippen LogP contribution in [-0.2, 0) is 23.9 Å². The molecule has 1 aliphatic heterocycles. The van der Waals surface area contributed by atoms with Gasteiger partial charge in [0.15, 0.2) is 11.9 Å². The zero-order valence-corrected chi connectivity index (χ0v) is 22.5. The summed E-state index contributed by atoms with van der Waals surface area (Å²) in [6.45, 7) is 7.38. The van der Waals surface area contributed by atoms with Gasteiger partial charge in [-0.05, 0) is 44.4 Å². The van der Waals surface area contributed by atoms with E-state index in [9.17, 15) is 29.1 Å². The van der Waals surface area contributed by atoms with Gasteiger partial charge in [0.05, 0.1) is 0 Å². The number of carbonyl (C=O) groups is 5. The van der Waals surface area contributed by atoms with Crippen molar-refractivity contribution in [2.75, 3.05) is 13.1 Å². The smallest absolute Gasteiger partial charge is 0.408 e. The molecule has 37 heavy (non-hydrogen) atoms. The van der Waals surface area contributed by atoms with Crippen molar-refractivity contribution in [2.24, 2.45) is 17.8 Å². The number of alkyl carbamates (subject to hydrolysis) is 1. The summed E-state index contributed by atoms with van der Waals surface area (Å²) < 4.78 is 5.30. The molecular weight excluding hydrogens is 478 g/mol. The molecule has 0 aromatic rings. The Hall–Kier alpha value is -2.91. The van der Waals surface area contributed by atoms with Crippen LogP contribution in [-0.4, -0.2) is 70.9 Å². The maximum absolute atomic E-state index is 13.0. The number of aliphatic carboxylic acids is 1. The number of carboxylic acid groups (broad SMARTS) is 1. The molecule has 0 aromatic carbocycles. The lowest BCUT2D eigenvalue weighted by Crippen LogP contribution is -2.53. The maximum Gasteiger partial charge on any atom is 0.408 e. The zero-order chi connectivity index (χ0) is 27.5. The van der Waals surface area contributed by atoms with Crippen molar-refractivity contribution in [1.29, 1.82) is 0 Å². The number of amides is 3. The fourth-order valence-electron chi connectivity index (χ4n) is 4.47. The molecule has 3 N–H and O–H groups in total. The third-order valence-corrected chi connectivity index (χ3v) is 6.86. The molecule has 2 fully saturated rings. The standard InChI is InChI=1S/C27H43N3O7/c1-5-6-7-8-9-11-18(4)22(26(34)35)29-25(33)20-12-10-15-30(20)21(31)16-28-27(36)37-24(17(2)3)23(32)19-13-14-19/h9,11,17-20,22,24H,5-8,10,12-16H2,1-4H3,(H,28,36)(H,29,33)(H,34,35)/b11-9-/t18?,20-,22+,24-/m0/s1. The van der Waals surface area contributed by atoms with E-state index in [-0.39, 0.29) is 24.2 Å². The van der Waals surface area contributed by atoms with Gasteiger partial charge in [-0.25, -0.2) is 9.59 Å². The number of rotatable bonds is 15. The van der Waals surface area contributed by atoms with Crippen molar-refractivity contribution in [2.45, 2.75) is 97.2 Å². The molecule has 10 heteroatoms. The maximum atomic E-state index is 13.0. The number of Topliss-reactive ketones (excluding diaryl/α,β-unsaturated/α-hetero) is 1. The number of carboxylic acids is 1. The van der Waals surface area contributed by atoms with Crippen LogP contribution in [0.4, 0.5) is 4.79 Å². The van der Waals surface area contributed by atoms with E-state index >= 15 is 0 Å². The van der Waals surface area contributed by atoms with Gasteiger partial charge in [-0.1, -0.05) is 52.7 Å². The second kappa shape index (κ2) is 14.7. The minimum Gasteiger partial charge on any atom is -0.480 e. The van der Waals surface area contributed by atoms with Gasteiger partial charge in [-0.15, -0.1) is 0 Å². The van der Waals surface area contributed by atoms with E-state index in [0.29, 0.717) is 19.4 Å². The highest BCUT2D eigenvalue weighted by Gasteiger charge is 2.39. The zero-order valence-electron chi connectivity index (χ0n) is 22.5. The first-order valence-corrected chi connectivity index (χ1v) is 13.5. The average Bonchev–Trinajstić information content (AvgIpc) is 3.59. The quantitative estimate of drug-likeness (QED) is 0.222. The van der Waals surface area contributed by atoms with Gasteiger partial charge in [0, 0.05) is 18.4 Å². The van der Waals surface area contributed by atoms with Gasteiger partial charge in [-0.3, -0.25) is 14.4 Å². The molecule has 0 aromatic heterocycles. The first-order valence-electron chi connectivity index (χ1n) is 13.5. The molecule has 4 atom stereocenters. The van der Waals surface area contributed by atoms with Crippen LogP contribution in [0.1, 0.15) is 79.1 Å². The molecule has 1 saturated heterocycles. The van der Waals surface area contributed by atoms with E-state index in [1.807, 2.05) is 6.08 Å². The van der Waals surface area contributed by atoms with E-state index in [1.54, 1.807) is 26.8 Å². The first kappa shape index (κ1) is 30.3. The molecule has 0 radical (unpaired) electrons. The van der Waals surface area contributed by atoms with Crippen LogP contribution in [0.15, 0.2) is 12.2 Å². The SMILES string of the molecule is CCCCC/C=C\C(C)[C@@H](NC(=O)[C@@H]1CCCN1C(=O)CNC(=O)O[C@H](C(=O)C1CC1)C(C)C)C(=O)O. The highest BCUT2D eigenvalue weighted by molar-refractivity contribution is 5.93. The number of carbonyl (C=O) groups excluding carboxylic acids is 4. The second-order valence-corrected chi connectivity index (χ2v) is 10.5. The summed E-state index contributed by atoms with van der Waals surface area (Å²) in [6.07, 6.45) is 8.73. The molecule has 208 valence electrons. The molecular formula is C27H43N3O7. The van der Waals surface area contributed by atoms with Gasteiger partial charge in [-0.2, -0.15) is 0 Å². The Kier molecular flexibility index (Phi) is 12.1. The molecule has 1 heterocycles. The van der Waals surface area contributed by atoms with Crippen molar-refractivity contribution in [3.05, 3.63) is 12.2 Å². The summed E-state index contributed by atoms with van der Waals surface area (Å²) in [5, 5.41) is 14.7. The Bertz CT molecular complexity index is 853. The Labute approximate surface area is 219 Å². The van der Waals surface area contributed by atoms with Crippen LogP contribution in [0.2, 0.25) is 0 Å². The lowest BCUT2D eigenvalue weighted by molar-refractivity contribution is -0.144. The minimum atomic E-state index is -1.14. The summed E-state index contributed by atoms with van der Waals surface area (Å²) in [6, 6.07) is -1.93. The number of hydrogen-bond acceptors (Lipinski definition) is 6. The molecule has 1 aliphatic carbocycles. The van der Waals surface area contributed by atoms with Crippen molar-refractivity contribution < 1.29 is 33.8 Å². The van der Waals surface area contributed by atoms with E-state index < -0.39 is 48.0 Å². The third-order valence-electron chi connectivity index (χ3n) is 6.86. The van der Waals surface area contributed by atoms with E-state index in [4.69, 9.17) is 4.74 Å². The topological polar surface area (TPSA) is 142 Å². The van der Waals surface area contributed by atoms with Crippen LogP contribution < -0.4 is 10.6 Å². The second-order valence-electron chi connectivity index (χ2n) is 10.5. The van der Waals surface area contributed by atoms with Crippen LogP contribution in [0, 0.1) is 17.8 Å². The van der Waals surface area contributed by atoms with Gasteiger partial charge < -0.3 is 25.4 Å². The Morgan fingerprint density at radius 1 is 1.08 bits per heavy atom. The lowest BCUT2D eigenvalue weighted by atomic mass is 10.00. The number of allylic oxidation sites excluding steroid dienone is 1. The summed E-state index contributed by atoms with van der Waals surface area (Å²) in [4.78, 5) is 63.6.